The van der Waals surface area contributed by atoms with Crippen LogP contribution in [0.3, 0.4) is 0 Å². The SMILES string of the molecule is CCc1cc(N2CCCC(C(=O)NCCN)C2)nc(C)n1. The Morgan fingerprint density at radius 3 is 3.05 bits per heavy atom. The van der Waals surface area contributed by atoms with Crippen LogP contribution < -0.4 is 16.0 Å². The number of hydrogen-bond acceptors (Lipinski definition) is 5. The summed E-state index contributed by atoms with van der Waals surface area (Å²) in [6, 6.07) is 2.03. The van der Waals surface area contributed by atoms with E-state index in [9.17, 15) is 4.79 Å². The molecule has 1 aromatic rings. The molecule has 116 valence electrons. The van der Waals surface area contributed by atoms with Crippen LogP contribution in [0.5, 0.6) is 0 Å². The molecular formula is C15H25N5O. The molecule has 1 aromatic heterocycles. The number of nitrogens with two attached hydrogens (primary N) is 1. The molecule has 1 aliphatic heterocycles. The second-order valence-corrected chi connectivity index (χ2v) is 5.48. The van der Waals surface area contributed by atoms with Gasteiger partial charge >= 0.3 is 0 Å². The molecule has 0 bridgehead atoms. The van der Waals surface area contributed by atoms with Crippen LogP contribution in [0.4, 0.5) is 5.82 Å². The molecule has 0 aliphatic carbocycles. The lowest BCUT2D eigenvalue weighted by atomic mass is 9.97. The summed E-state index contributed by atoms with van der Waals surface area (Å²) in [6.07, 6.45) is 2.83. The molecule has 6 nitrogen and oxygen atoms in total. The molecule has 1 saturated heterocycles. The van der Waals surface area contributed by atoms with Crippen LogP contribution in [-0.4, -0.2) is 42.1 Å². The van der Waals surface area contributed by atoms with Crippen LogP contribution in [0.25, 0.3) is 0 Å². The van der Waals surface area contributed by atoms with Crippen LogP contribution >= 0.6 is 0 Å². The van der Waals surface area contributed by atoms with Crippen LogP contribution in [0, 0.1) is 12.8 Å². The molecule has 0 spiro atoms. The number of hydrogen-bond donors (Lipinski definition) is 2. The van der Waals surface area contributed by atoms with Crippen molar-refractivity contribution in [2.75, 3.05) is 31.1 Å². The van der Waals surface area contributed by atoms with E-state index in [4.69, 9.17) is 5.73 Å². The highest BCUT2D eigenvalue weighted by Gasteiger charge is 2.26. The second-order valence-electron chi connectivity index (χ2n) is 5.48. The molecule has 3 N–H and O–H groups in total. The third-order valence-electron chi connectivity index (χ3n) is 3.80. The molecule has 1 atom stereocenters. The average molecular weight is 291 g/mol. The number of anilines is 1. The zero-order chi connectivity index (χ0) is 15.2. The van der Waals surface area contributed by atoms with Crippen LogP contribution in [0.1, 0.15) is 31.3 Å². The van der Waals surface area contributed by atoms with Gasteiger partial charge in [-0.3, -0.25) is 4.79 Å². The van der Waals surface area contributed by atoms with Gasteiger partial charge in [-0.1, -0.05) is 6.92 Å². The van der Waals surface area contributed by atoms with Crippen LogP contribution in [-0.2, 0) is 11.2 Å². The monoisotopic (exact) mass is 291 g/mol. The number of carbonyl (C=O) groups excluding carboxylic acids is 1. The predicted octanol–water partition coefficient (Wildman–Crippen LogP) is 0.639. The van der Waals surface area contributed by atoms with Gasteiger partial charge in [0.05, 0.1) is 5.92 Å². The lowest BCUT2D eigenvalue weighted by molar-refractivity contribution is -0.125. The van der Waals surface area contributed by atoms with Gasteiger partial charge in [0.25, 0.3) is 0 Å². The third kappa shape index (κ3) is 4.14. The molecule has 1 unspecified atom stereocenters. The van der Waals surface area contributed by atoms with Gasteiger partial charge in [-0.2, -0.15) is 0 Å². The maximum atomic E-state index is 12.1. The van der Waals surface area contributed by atoms with E-state index in [1.165, 1.54) is 0 Å². The van der Waals surface area contributed by atoms with Gasteiger partial charge in [0.1, 0.15) is 11.6 Å². The largest absolute Gasteiger partial charge is 0.356 e. The Bertz CT molecular complexity index is 491. The zero-order valence-corrected chi connectivity index (χ0v) is 12.9. The van der Waals surface area contributed by atoms with Crippen molar-refractivity contribution in [3.63, 3.8) is 0 Å². The van der Waals surface area contributed by atoms with Crippen molar-refractivity contribution in [1.82, 2.24) is 15.3 Å². The number of aryl methyl sites for hydroxylation is 2. The number of nitrogens with zero attached hydrogens (tertiary/aromatic N) is 3. The summed E-state index contributed by atoms with van der Waals surface area (Å²) in [5.74, 6) is 1.85. The Morgan fingerprint density at radius 1 is 1.52 bits per heavy atom. The molecule has 0 radical (unpaired) electrons. The summed E-state index contributed by atoms with van der Waals surface area (Å²) in [6.45, 7) is 6.69. The predicted molar refractivity (Wildman–Crippen MR) is 83.1 cm³/mol. The molecule has 0 aromatic carbocycles. The Balaban J connectivity index is 2.06. The standard InChI is InChI=1S/C15H25N5O/c1-3-13-9-14(19-11(2)18-13)20-8-4-5-12(10-20)15(21)17-7-6-16/h9,12H,3-8,10,16H2,1-2H3,(H,17,21). The maximum absolute atomic E-state index is 12.1. The summed E-state index contributed by atoms with van der Waals surface area (Å²) in [7, 11) is 0. The van der Waals surface area contributed by atoms with Crippen molar-refractivity contribution in [1.29, 1.82) is 0 Å². The van der Waals surface area contributed by atoms with Crippen LogP contribution in [0.15, 0.2) is 6.07 Å². The van der Waals surface area contributed by atoms with Gasteiger partial charge in [-0.15, -0.1) is 0 Å². The smallest absolute Gasteiger partial charge is 0.224 e. The average Bonchev–Trinajstić information content (AvgIpc) is 2.52. The first kappa shape index (κ1) is 15.7. The molecule has 2 rings (SSSR count). The molecule has 1 aliphatic rings. The molecule has 0 saturated carbocycles. The Hall–Kier alpha value is -1.69. The summed E-state index contributed by atoms with van der Waals surface area (Å²) in [5, 5.41) is 2.88. The van der Waals surface area contributed by atoms with Crippen molar-refractivity contribution < 1.29 is 4.79 Å². The Morgan fingerprint density at radius 2 is 2.33 bits per heavy atom. The quantitative estimate of drug-likeness (QED) is 0.831. The van der Waals surface area contributed by atoms with Crippen LogP contribution in [0.2, 0.25) is 0 Å². The van der Waals surface area contributed by atoms with E-state index in [0.717, 1.165) is 49.7 Å². The fourth-order valence-corrected chi connectivity index (χ4v) is 2.69. The highest BCUT2D eigenvalue weighted by molar-refractivity contribution is 5.79. The van der Waals surface area contributed by atoms with Crippen molar-refractivity contribution >= 4 is 11.7 Å². The fourth-order valence-electron chi connectivity index (χ4n) is 2.69. The first-order valence-corrected chi connectivity index (χ1v) is 7.71. The van der Waals surface area contributed by atoms with E-state index in [1.807, 2.05) is 13.0 Å². The Labute approximate surface area is 126 Å². The number of carbonyl (C=O) groups is 1. The number of nitrogens with one attached hydrogen (secondary N) is 1. The minimum absolute atomic E-state index is 0.0191. The first-order valence-electron chi connectivity index (χ1n) is 7.71. The van der Waals surface area contributed by atoms with Crippen molar-refractivity contribution in [3.8, 4) is 0 Å². The van der Waals surface area contributed by atoms with E-state index >= 15 is 0 Å². The lowest BCUT2D eigenvalue weighted by Gasteiger charge is -2.33. The van der Waals surface area contributed by atoms with Gasteiger partial charge in [0.15, 0.2) is 0 Å². The van der Waals surface area contributed by atoms with E-state index in [2.05, 4.69) is 27.1 Å². The van der Waals surface area contributed by atoms with Crippen molar-refractivity contribution in [3.05, 3.63) is 17.6 Å². The van der Waals surface area contributed by atoms with Gasteiger partial charge < -0.3 is 16.0 Å². The molecular weight excluding hydrogens is 266 g/mol. The maximum Gasteiger partial charge on any atom is 0.224 e. The van der Waals surface area contributed by atoms with Crippen molar-refractivity contribution in [2.24, 2.45) is 11.7 Å². The first-order chi connectivity index (χ1) is 10.1. The minimum Gasteiger partial charge on any atom is -0.356 e. The third-order valence-corrected chi connectivity index (χ3v) is 3.80. The second kappa shape index (κ2) is 7.36. The molecule has 2 heterocycles. The number of amides is 1. The van der Waals surface area contributed by atoms with Gasteiger partial charge in [-0.25, -0.2) is 9.97 Å². The number of piperidine rings is 1. The van der Waals surface area contributed by atoms with Crippen molar-refractivity contribution in [2.45, 2.75) is 33.1 Å². The van der Waals surface area contributed by atoms with Gasteiger partial charge in [0, 0.05) is 37.9 Å². The lowest BCUT2D eigenvalue weighted by Crippen LogP contribution is -2.44. The van der Waals surface area contributed by atoms with Gasteiger partial charge in [-0.05, 0) is 26.2 Å². The number of aromatic nitrogens is 2. The highest BCUT2D eigenvalue weighted by atomic mass is 16.1. The Kier molecular flexibility index (Phi) is 5.50. The summed E-state index contributed by atoms with van der Waals surface area (Å²) in [4.78, 5) is 23.2. The normalized spacial score (nSPS) is 18.6. The molecule has 21 heavy (non-hydrogen) atoms. The summed E-state index contributed by atoms with van der Waals surface area (Å²) < 4.78 is 0. The van der Waals surface area contributed by atoms with E-state index < -0.39 is 0 Å². The zero-order valence-electron chi connectivity index (χ0n) is 12.9. The summed E-state index contributed by atoms with van der Waals surface area (Å²) >= 11 is 0. The van der Waals surface area contributed by atoms with E-state index in [0.29, 0.717) is 13.1 Å². The summed E-state index contributed by atoms with van der Waals surface area (Å²) in [5.41, 5.74) is 6.48. The van der Waals surface area contributed by atoms with E-state index in [-0.39, 0.29) is 11.8 Å². The number of rotatable bonds is 5. The minimum atomic E-state index is 0.0191. The molecule has 1 amide bonds. The molecule has 1 fully saturated rings. The van der Waals surface area contributed by atoms with Gasteiger partial charge in [0.2, 0.25) is 5.91 Å². The topological polar surface area (TPSA) is 84.1 Å². The molecule has 6 heteroatoms. The van der Waals surface area contributed by atoms with E-state index in [1.54, 1.807) is 0 Å². The highest BCUT2D eigenvalue weighted by Crippen LogP contribution is 2.22. The fraction of sp³-hybridized carbons (Fsp3) is 0.667.